The number of likely N-dealkylation sites (N-methyl/N-ethyl adjacent to an activating group) is 1. The van der Waals surface area contributed by atoms with Crippen LogP contribution in [-0.2, 0) is 4.79 Å². The second-order valence-corrected chi connectivity index (χ2v) is 7.35. The number of nitrogens with zero attached hydrogens (tertiary/aromatic N) is 2. The average molecular weight is 314 g/mol. The van der Waals surface area contributed by atoms with Crippen LogP contribution >= 0.6 is 0 Å². The number of carbonyl (C=O) groups excluding carboxylic acids is 1. The lowest BCUT2D eigenvalue weighted by Gasteiger charge is -2.58. The Balaban J connectivity index is 1.66. The standard InChI is InChI=1S/C19H26N2O2/c1-20-16-11-21(19(23)13-7-3-2-4-8-13)15-10-6-5-9-14(15)18(16)17(20)12-22/h5-6,9-10,13,16-18,22H,2-4,7-8,11-12H2,1H3/t16-,17+,18+/m1/s1. The second kappa shape index (κ2) is 5.91. The van der Waals surface area contributed by atoms with Gasteiger partial charge in [-0.15, -0.1) is 0 Å². The van der Waals surface area contributed by atoms with Crippen molar-refractivity contribution in [2.45, 2.75) is 50.1 Å². The molecule has 3 aliphatic rings. The van der Waals surface area contributed by atoms with Crippen molar-refractivity contribution in [2.75, 3.05) is 25.1 Å². The molecule has 1 aromatic carbocycles. The van der Waals surface area contributed by atoms with Gasteiger partial charge in [0, 0.05) is 36.2 Å². The summed E-state index contributed by atoms with van der Waals surface area (Å²) < 4.78 is 0. The van der Waals surface area contributed by atoms with E-state index in [0.29, 0.717) is 17.9 Å². The normalized spacial score (nSPS) is 31.2. The average Bonchev–Trinajstić information content (AvgIpc) is 2.61. The van der Waals surface area contributed by atoms with Crippen LogP contribution in [0.3, 0.4) is 0 Å². The van der Waals surface area contributed by atoms with Gasteiger partial charge in [-0.3, -0.25) is 9.69 Å². The molecule has 2 fully saturated rings. The minimum Gasteiger partial charge on any atom is -0.395 e. The Labute approximate surface area is 138 Å². The number of aliphatic hydroxyl groups excluding tert-OH is 1. The van der Waals surface area contributed by atoms with Crippen molar-refractivity contribution >= 4 is 11.6 Å². The van der Waals surface area contributed by atoms with E-state index in [2.05, 4.69) is 30.1 Å². The van der Waals surface area contributed by atoms with Crippen LogP contribution in [0.25, 0.3) is 0 Å². The molecule has 2 heterocycles. The minimum atomic E-state index is 0.183. The highest BCUT2D eigenvalue weighted by atomic mass is 16.3. The molecule has 1 N–H and O–H groups in total. The fraction of sp³-hybridized carbons (Fsp3) is 0.632. The Bertz CT molecular complexity index is 597. The van der Waals surface area contributed by atoms with Crippen molar-refractivity contribution < 1.29 is 9.90 Å². The highest BCUT2D eigenvalue weighted by Crippen LogP contribution is 2.47. The first-order chi connectivity index (χ1) is 11.2. The SMILES string of the molecule is CN1[C@@H]2CN(C(=O)C3CCCCC3)c3ccccc3[C@@H]2[C@@H]1CO. The maximum absolute atomic E-state index is 13.1. The maximum atomic E-state index is 13.1. The molecule has 4 nitrogen and oxygen atoms in total. The van der Waals surface area contributed by atoms with Crippen LogP contribution in [0, 0.1) is 5.92 Å². The number of hydrogen-bond acceptors (Lipinski definition) is 3. The monoisotopic (exact) mass is 314 g/mol. The van der Waals surface area contributed by atoms with Crippen molar-refractivity contribution in [3.8, 4) is 0 Å². The molecule has 1 saturated heterocycles. The van der Waals surface area contributed by atoms with Crippen molar-refractivity contribution in [3.63, 3.8) is 0 Å². The van der Waals surface area contributed by atoms with Gasteiger partial charge in [-0.2, -0.15) is 0 Å². The van der Waals surface area contributed by atoms with Crippen LogP contribution in [0.15, 0.2) is 24.3 Å². The van der Waals surface area contributed by atoms with Crippen LogP contribution in [-0.4, -0.2) is 48.2 Å². The highest BCUT2D eigenvalue weighted by molar-refractivity contribution is 5.96. The molecular formula is C19H26N2O2. The number of hydrogen-bond donors (Lipinski definition) is 1. The largest absolute Gasteiger partial charge is 0.395 e. The smallest absolute Gasteiger partial charge is 0.230 e. The predicted octanol–water partition coefficient (Wildman–Crippen LogP) is 2.37. The molecule has 0 radical (unpaired) electrons. The molecule has 1 amide bonds. The lowest BCUT2D eigenvalue weighted by Crippen LogP contribution is -2.68. The Hall–Kier alpha value is -1.39. The molecular weight excluding hydrogens is 288 g/mol. The van der Waals surface area contributed by atoms with Crippen LogP contribution in [0.2, 0.25) is 0 Å². The molecule has 4 heteroatoms. The Morgan fingerprint density at radius 3 is 2.70 bits per heavy atom. The fourth-order valence-electron chi connectivity index (χ4n) is 4.89. The van der Waals surface area contributed by atoms with Gasteiger partial charge < -0.3 is 10.0 Å². The number of anilines is 1. The van der Waals surface area contributed by atoms with Crippen LogP contribution in [0.4, 0.5) is 5.69 Å². The summed E-state index contributed by atoms with van der Waals surface area (Å²) in [6.45, 7) is 0.951. The van der Waals surface area contributed by atoms with Gasteiger partial charge in [-0.1, -0.05) is 37.5 Å². The lowest BCUT2D eigenvalue weighted by molar-refractivity contribution is -0.124. The minimum absolute atomic E-state index is 0.183. The van der Waals surface area contributed by atoms with Gasteiger partial charge in [-0.25, -0.2) is 0 Å². The molecule has 0 bridgehead atoms. The number of carbonyl (C=O) groups is 1. The quantitative estimate of drug-likeness (QED) is 0.911. The van der Waals surface area contributed by atoms with E-state index < -0.39 is 0 Å². The molecule has 0 spiro atoms. The Morgan fingerprint density at radius 1 is 1.22 bits per heavy atom. The molecule has 0 unspecified atom stereocenters. The van der Waals surface area contributed by atoms with Crippen molar-refractivity contribution in [1.29, 1.82) is 0 Å². The molecule has 23 heavy (non-hydrogen) atoms. The van der Waals surface area contributed by atoms with E-state index in [9.17, 15) is 9.90 Å². The van der Waals surface area contributed by atoms with E-state index in [1.54, 1.807) is 0 Å². The summed E-state index contributed by atoms with van der Waals surface area (Å²) in [5.74, 6) is 0.875. The molecule has 1 aromatic rings. The Kier molecular flexibility index (Phi) is 3.90. The molecule has 1 aliphatic carbocycles. The summed E-state index contributed by atoms with van der Waals surface area (Å²) >= 11 is 0. The van der Waals surface area contributed by atoms with Gasteiger partial charge >= 0.3 is 0 Å². The van der Waals surface area contributed by atoms with E-state index in [-0.39, 0.29) is 18.6 Å². The van der Waals surface area contributed by atoms with Gasteiger partial charge in [0.05, 0.1) is 6.61 Å². The summed E-state index contributed by atoms with van der Waals surface area (Å²) in [6.07, 6.45) is 5.72. The topological polar surface area (TPSA) is 43.8 Å². The molecule has 2 aliphatic heterocycles. The van der Waals surface area contributed by atoms with E-state index in [4.69, 9.17) is 0 Å². The first kappa shape index (κ1) is 15.2. The van der Waals surface area contributed by atoms with Crippen LogP contribution in [0.5, 0.6) is 0 Å². The number of rotatable bonds is 2. The van der Waals surface area contributed by atoms with Gasteiger partial charge in [0.2, 0.25) is 5.91 Å². The number of aliphatic hydroxyl groups is 1. The zero-order chi connectivity index (χ0) is 16.0. The van der Waals surface area contributed by atoms with Gasteiger partial charge in [0.25, 0.3) is 0 Å². The van der Waals surface area contributed by atoms with Crippen LogP contribution < -0.4 is 4.90 Å². The van der Waals surface area contributed by atoms with Gasteiger partial charge in [-0.05, 0) is 31.5 Å². The van der Waals surface area contributed by atoms with Crippen molar-refractivity contribution in [2.24, 2.45) is 5.92 Å². The number of likely N-dealkylation sites (tertiary alicyclic amines) is 1. The summed E-state index contributed by atoms with van der Waals surface area (Å²) in [5.41, 5.74) is 2.32. The molecule has 124 valence electrons. The van der Waals surface area contributed by atoms with Crippen LogP contribution in [0.1, 0.15) is 43.6 Å². The first-order valence-electron chi connectivity index (χ1n) is 8.95. The van der Waals surface area contributed by atoms with E-state index in [1.165, 1.54) is 24.8 Å². The third-order valence-electron chi connectivity index (χ3n) is 6.24. The lowest BCUT2D eigenvalue weighted by atomic mass is 9.72. The zero-order valence-corrected chi connectivity index (χ0v) is 13.8. The van der Waals surface area contributed by atoms with E-state index >= 15 is 0 Å². The third kappa shape index (κ3) is 2.31. The van der Waals surface area contributed by atoms with E-state index in [1.807, 2.05) is 11.0 Å². The number of para-hydroxylation sites is 1. The molecule has 4 rings (SSSR count). The van der Waals surface area contributed by atoms with Gasteiger partial charge in [0.15, 0.2) is 0 Å². The number of fused-ring (bicyclic) bond motifs is 3. The molecule has 3 atom stereocenters. The number of benzene rings is 1. The summed E-state index contributed by atoms with van der Waals surface area (Å²) in [6, 6.07) is 8.83. The zero-order valence-electron chi connectivity index (χ0n) is 13.8. The van der Waals surface area contributed by atoms with Crippen molar-refractivity contribution in [1.82, 2.24) is 4.90 Å². The third-order valence-corrected chi connectivity index (χ3v) is 6.24. The summed E-state index contributed by atoms with van der Waals surface area (Å²) in [5, 5.41) is 9.68. The highest BCUT2D eigenvalue weighted by Gasteiger charge is 2.51. The van der Waals surface area contributed by atoms with Crippen molar-refractivity contribution in [3.05, 3.63) is 29.8 Å². The number of amides is 1. The molecule has 1 saturated carbocycles. The first-order valence-corrected chi connectivity index (χ1v) is 8.95. The van der Waals surface area contributed by atoms with E-state index in [0.717, 1.165) is 25.1 Å². The second-order valence-electron chi connectivity index (χ2n) is 7.35. The Morgan fingerprint density at radius 2 is 1.96 bits per heavy atom. The summed E-state index contributed by atoms with van der Waals surface area (Å²) in [7, 11) is 2.07. The fourth-order valence-corrected chi connectivity index (χ4v) is 4.89. The van der Waals surface area contributed by atoms with Gasteiger partial charge in [0.1, 0.15) is 0 Å². The molecule has 0 aromatic heterocycles. The predicted molar refractivity (Wildman–Crippen MR) is 90.5 cm³/mol. The maximum Gasteiger partial charge on any atom is 0.230 e. The summed E-state index contributed by atoms with van der Waals surface area (Å²) in [4.78, 5) is 17.4.